The highest BCUT2D eigenvalue weighted by atomic mass is 35.5. The Bertz CT molecular complexity index is 724. The molecule has 1 aliphatic rings. The zero-order chi connectivity index (χ0) is 15.7. The van der Waals surface area contributed by atoms with Gasteiger partial charge in [-0.3, -0.25) is 4.79 Å². The Labute approximate surface area is 132 Å². The van der Waals surface area contributed by atoms with Gasteiger partial charge in [0.05, 0.1) is 6.04 Å². The molecule has 1 aromatic carbocycles. The van der Waals surface area contributed by atoms with Gasteiger partial charge in [-0.2, -0.15) is 0 Å². The van der Waals surface area contributed by atoms with Crippen LogP contribution >= 0.6 is 11.6 Å². The molecular weight excluding hydrogens is 306 g/mol. The number of amides is 1. The van der Waals surface area contributed by atoms with E-state index < -0.39 is 5.97 Å². The number of likely N-dealkylation sites (tertiary alicyclic amines) is 1. The Hall–Kier alpha value is -2.27. The third-order valence-corrected chi connectivity index (χ3v) is 4.15. The van der Waals surface area contributed by atoms with Gasteiger partial charge in [-0.25, -0.2) is 4.79 Å². The van der Waals surface area contributed by atoms with Crippen molar-refractivity contribution in [1.82, 2.24) is 4.90 Å². The van der Waals surface area contributed by atoms with Gasteiger partial charge in [-0.1, -0.05) is 29.8 Å². The first kappa shape index (κ1) is 14.7. The topological polar surface area (TPSA) is 70.8 Å². The summed E-state index contributed by atoms with van der Waals surface area (Å²) >= 11 is 6.23. The summed E-state index contributed by atoms with van der Waals surface area (Å²) in [5.41, 5.74) is 0.903. The smallest absolute Gasteiger partial charge is 0.371 e. The number of halogens is 1. The van der Waals surface area contributed by atoms with Crippen molar-refractivity contribution in [2.24, 2.45) is 0 Å². The third kappa shape index (κ3) is 2.60. The van der Waals surface area contributed by atoms with Crippen LogP contribution in [0.1, 0.15) is 45.6 Å². The summed E-state index contributed by atoms with van der Waals surface area (Å²) < 4.78 is 5.11. The lowest BCUT2D eigenvalue weighted by molar-refractivity contribution is 0.0645. The lowest BCUT2D eigenvalue weighted by atomic mass is 10.0. The van der Waals surface area contributed by atoms with Crippen molar-refractivity contribution in [3.63, 3.8) is 0 Å². The first-order valence-corrected chi connectivity index (χ1v) is 7.34. The van der Waals surface area contributed by atoms with Crippen LogP contribution in [-0.2, 0) is 0 Å². The van der Waals surface area contributed by atoms with Gasteiger partial charge in [0, 0.05) is 11.6 Å². The van der Waals surface area contributed by atoms with Crippen LogP contribution < -0.4 is 0 Å². The van der Waals surface area contributed by atoms with Gasteiger partial charge in [-0.05, 0) is 36.6 Å². The molecule has 0 spiro atoms. The molecule has 114 valence electrons. The van der Waals surface area contributed by atoms with E-state index in [2.05, 4.69) is 0 Å². The second-order valence-corrected chi connectivity index (χ2v) is 5.55. The molecule has 0 saturated carbocycles. The summed E-state index contributed by atoms with van der Waals surface area (Å²) in [6.45, 7) is 0.595. The predicted octanol–water partition coefficient (Wildman–Crippen LogP) is 3.61. The minimum absolute atomic E-state index is 0.0383. The summed E-state index contributed by atoms with van der Waals surface area (Å²) in [7, 11) is 0. The van der Waals surface area contributed by atoms with Crippen LogP contribution in [-0.4, -0.2) is 28.4 Å². The molecule has 6 heteroatoms. The quantitative estimate of drug-likeness (QED) is 0.938. The molecule has 1 saturated heterocycles. The standard InChI is InChI=1S/C16H14ClNO4/c17-11-5-2-1-4-10(11)12-6-3-9-18(12)15(19)13-7-8-14(22-13)16(20)21/h1-2,4-5,7-8,12H,3,6,9H2,(H,20,21). The normalized spacial score (nSPS) is 17.7. The monoisotopic (exact) mass is 319 g/mol. The molecule has 1 N–H and O–H groups in total. The molecule has 1 atom stereocenters. The molecule has 1 unspecified atom stereocenters. The number of nitrogens with zero attached hydrogens (tertiary/aromatic N) is 1. The fourth-order valence-electron chi connectivity index (χ4n) is 2.79. The van der Waals surface area contributed by atoms with Crippen LogP contribution in [0, 0.1) is 0 Å². The fraction of sp³-hybridized carbons (Fsp3) is 0.250. The number of benzene rings is 1. The van der Waals surface area contributed by atoms with Crippen molar-refractivity contribution < 1.29 is 19.1 Å². The number of aromatic carboxylic acids is 1. The summed E-state index contributed by atoms with van der Waals surface area (Å²) in [6.07, 6.45) is 1.69. The first-order valence-electron chi connectivity index (χ1n) is 6.96. The summed E-state index contributed by atoms with van der Waals surface area (Å²) in [5, 5.41) is 9.50. The Morgan fingerprint density at radius 2 is 1.91 bits per heavy atom. The number of hydrogen-bond acceptors (Lipinski definition) is 3. The average Bonchev–Trinajstić information content (AvgIpc) is 3.16. The second kappa shape index (κ2) is 5.85. The second-order valence-electron chi connectivity index (χ2n) is 5.15. The molecule has 2 aromatic rings. The van der Waals surface area contributed by atoms with Gasteiger partial charge in [-0.15, -0.1) is 0 Å². The summed E-state index contributed by atoms with van der Waals surface area (Å²) in [6, 6.07) is 10.0. The highest BCUT2D eigenvalue weighted by Gasteiger charge is 2.33. The highest BCUT2D eigenvalue weighted by Crippen LogP contribution is 2.36. The molecular formula is C16H14ClNO4. The van der Waals surface area contributed by atoms with Crippen LogP contribution in [0.5, 0.6) is 0 Å². The Morgan fingerprint density at radius 1 is 1.18 bits per heavy atom. The van der Waals surface area contributed by atoms with E-state index in [1.54, 1.807) is 11.0 Å². The lowest BCUT2D eigenvalue weighted by Gasteiger charge is -2.24. The van der Waals surface area contributed by atoms with Crippen molar-refractivity contribution in [2.45, 2.75) is 18.9 Å². The van der Waals surface area contributed by atoms with Crippen molar-refractivity contribution >= 4 is 23.5 Å². The summed E-state index contributed by atoms with van der Waals surface area (Å²) in [5.74, 6) is -1.70. The molecule has 22 heavy (non-hydrogen) atoms. The molecule has 1 fully saturated rings. The molecule has 2 heterocycles. The minimum atomic E-state index is -1.19. The Kier molecular flexibility index (Phi) is 3.90. The maximum Gasteiger partial charge on any atom is 0.371 e. The van der Waals surface area contributed by atoms with Gasteiger partial charge in [0.2, 0.25) is 5.76 Å². The van der Waals surface area contributed by atoms with E-state index in [0.29, 0.717) is 11.6 Å². The molecule has 5 nitrogen and oxygen atoms in total. The van der Waals surface area contributed by atoms with E-state index >= 15 is 0 Å². The van der Waals surface area contributed by atoms with Crippen molar-refractivity contribution in [2.75, 3.05) is 6.54 Å². The maximum atomic E-state index is 12.6. The van der Waals surface area contributed by atoms with E-state index in [0.717, 1.165) is 18.4 Å². The zero-order valence-electron chi connectivity index (χ0n) is 11.7. The molecule has 1 aliphatic heterocycles. The highest BCUT2D eigenvalue weighted by molar-refractivity contribution is 6.31. The third-order valence-electron chi connectivity index (χ3n) is 3.81. The lowest BCUT2D eigenvalue weighted by Crippen LogP contribution is -2.30. The zero-order valence-corrected chi connectivity index (χ0v) is 12.4. The van der Waals surface area contributed by atoms with Crippen LogP contribution in [0.25, 0.3) is 0 Å². The Morgan fingerprint density at radius 3 is 2.59 bits per heavy atom. The van der Waals surface area contributed by atoms with E-state index in [-0.39, 0.29) is 23.5 Å². The molecule has 0 aliphatic carbocycles. The van der Waals surface area contributed by atoms with Crippen LogP contribution in [0.2, 0.25) is 5.02 Å². The molecule has 0 radical (unpaired) electrons. The van der Waals surface area contributed by atoms with Crippen LogP contribution in [0.15, 0.2) is 40.8 Å². The largest absolute Gasteiger partial charge is 0.475 e. The van der Waals surface area contributed by atoms with E-state index in [1.807, 2.05) is 18.2 Å². The maximum absolute atomic E-state index is 12.6. The summed E-state index contributed by atoms with van der Waals surface area (Å²) in [4.78, 5) is 25.1. The number of carboxylic acid groups (broad SMARTS) is 1. The number of furan rings is 1. The molecule has 3 rings (SSSR count). The first-order chi connectivity index (χ1) is 10.6. The van der Waals surface area contributed by atoms with Gasteiger partial charge in [0.25, 0.3) is 5.91 Å². The Balaban J connectivity index is 1.88. The number of rotatable bonds is 3. The van der Waals surface area contributed by atoms with E-state index in [9.17, 15) is 9.59 Å². The molecule has 1 aromatic heterocycles. The van der Waals surface area contributed by atoms with Gasteiger partial charge < -0.3 is 14.4 Å². The average molecular weight is 320 g/mol. The fourth-order valence-corrected chi connectivity index (χ4v) is 3.05. The van der Waals surface area contributed by atoms with Crippen molar-refractivity contribution in [3.8, 4) is 0 Å². The minimum Gasteiger partial charge on any atom is -0.475 e. The predicted molar refractivity (Wildman–Crippen MR) is 80.1 cm³/mol. The van der Waals surface area contributed by atoms with Gasteiger partial charge >= 0.3 is 5.97 Å². The molecule has 0 bridgehead atoms. The van der Waals surface area contributed by atoms with Crippen LogP contribution in [0.3, 0.4) is 0 Å². The molecule has 1 amide bonds. The number of carbonyl (C=O) groups is 2. The van der Waals surface area contributed by atoms with E-state index in [4.69, 9.17) is 21.1 Å². The van der Waals surface area contributed by atoms with Crippen LogP contribution in [0.4, 0.5) is 0 Å². The number of carboxylic acids is 1. The SMILES string of the molecule is O=C(O)c1ccc(C(=O)N2CCCC2c2ccccc2Cl)o1. The number of hydrogen-bond donors (Lipinski definition) is 1. The number of carbonyl (C=O) groups excluding carboxylic acids is 1. The van der Waals surface area contributed by atoms with Crippen molar-refractivity contribution in [3.05, 3.63) is 58.5 Å². The van der Waals surface area contributed by atoms with Gasteiger partial charge in [0.1, 0.15) is 0 Å². The van der Waals surface area contributed by atoms with Gasteiger partial charge in [0.15, 0.2) is 5.76 Å². The van der Waals surface area contributed by atoms with Crippen molar-refractivity contribution in [1.29, 1.82) is 0 Å². The van der Waals surface area contributed by atoms with E-state index in [1.165, 1.54) is 12.1 Å².